The minimum absolute atomic E-state index is 0.0217. The standard InChI is InChI=1S/C8H14N4O2/c1-3-5(4-2)10-8(13)6-7(9)12-14-11-6/h5H,3-4H2,1-2H3,(H2,9,12)(H,10,13). The summed E-state index contributed by atoms with van der Waals surface area (Å²) in [5, 5.41) is 9.52. The van der Waals surface area contributed by atoms with Gasteiger partial charge in [0.1, 0.15) is 0 Å². The van der Waals surface area contributed by atoms with Gasteiger partial charge in [0.05, 0.1) is 0 Å². The molecule has 1 amide bonds. The predicted octanol–water partition coefficient (Wildman–Crippen LogP) is 0.570. The predicted molar refractivity (Wildman–Crippen MR) is 50.5 cm³/mol. The maximum Gasteiger partial charge on any atom is 0.277 e. The quantitative estimate of drug-likeness (QED) is 0.737. The van der Waals surface area contributed by atoms with Crippen molar-refractivity contribution in [3.63, 3.8) is 0 Å². The van der Waals surface area contributed by atoms with Crippen LogP contribution in [0.15, 0.2) is 4.63 Å². The Balaban J connectivity index is 2.63. The number of amides is 1. The second kappa shape index (κ2) is 4.59. The molecule has 0 aliphatic heterocycles. The fraction of sp³-hybridized carbons (Fsp3) is 0.625. The first kappa shape index (κ1) is 10.5. The number of nitrogen functional groups attached to an aromatic ring is 1. The summed E-state index contributed by atoms with van der Waals surface area (Å²) in [5.74, 6) is -0.314. The molecule has 1 rings (SSSR count). The molecule has 3 N–H and O–H groups in total. The Morgan fingerprint density at radius 2 is 2.14 bits per heavy atom. The average molecular weight is 198 g/mol. The number of nitrogens with zero attached hydrogens (tertiary/aromatic N) is 2. The molecular formula is C8H14N4O2. The Bertz CT molecular complexity index is 306. The van der Waals surface area contributed by atoms with Gasteiger partial charge in [0, 0.05) is 6.04 Å². The van der Waals surface area contributed by atoms with Crippen molar-refractivity contribution in [3.05, 3.63) is 5.69 Å². The lowest BCUT2D eigenvalue weighted by Crippen LogP contribution is -2.34. The molecular weight excluding hydrogens is 184 g/mol. The Kier molecular flexibility index (Phi) is 3.44. The molecule has 1 aromatic rings. The number of carbonyl (C=O) groups is 1. The molecule has 6 nitrogen and oxygen atoms in total. The van der Waals surface area contributed by atoms with E-state index in [4.69, 9.17) is 5.73 Å². The first-order valence-corrected chi connectivity index (χ1v) is 4.57. The van der Waals surface area contributed by atoms with Crippen molar-refractivity contribution in [2.45, 2.75) is 32.7 Å². The van der Waals surface area contributed by atoms with Crippen LogP contribution < -0.4 is 11.1 Å². The van der Waals surface area contributed by atoms with Gasteiger partial charge in [-0.05, 0) is 23.2 Å². The molecule has 0 fully saturated rings. The number of nitrogens with one attached hydrogen (secondary N) is 1. The van der Waals surface area contributed by atoms with Gasteiger partial charge in [0.2, 0.25) is 11.5 Å². The largest absolute Gasteiger partial charge is 0.379 e. The molecule has 6 heteroatoms. The summed E-state index contributed by atoms with van der Waals surface area (Å²) in [6.45, 7) is 4.00. The highest BCUT2D eigenvalue weighted by Crippen LogP contribution is 2.05. The van der Waals surface area contributed by atoms with Gasteiger partial charge >= 0.3 is 0 Å². The van der Waals surface area contributed by atoms with Crippen LogP contribution in [0.3, 0.4) is 0 Å². The van der Waals surface area contributed by atoms with Crippen LogP contribution in [0, 0.1) is 0 Å². The summed E-state index contributed by atoms with van der Waals surface area (Å²) < 4.78 is 4.33. The number of nitrogens with two attached hydrogens (primary N) is 1. The molecule has 0 radical (unpaired) electrons. The van der Waals surface area contributed by atoms with Crippen LogP contribution in [0.2, 0.25) is 0 Å². The van der Waals surface area contributed by atoms with Crippen LogP contribution >= 0.6 is 0 Å². The van der Waals surface area contributed by atoms with E-state index in [1.165, 1.54) is 0 Å². The Morgan fingerprint density at radius 1 is 1.50 bits per heavy atom. The third-order valence-corrected chi connectivity index (χ3v) is 2.05. The van der Waals surface area contributed by atoms with E-state index in [1.54, 1.807) is 0 Å². The van der Waals surface area contributed by atoms with Crippen LogP contribution in [0.25, 0.3) is 0 Å². The van der Waals surface area contributed by atoms with Gasteiger partial charge in [0.25, 0.3) is 5.91 Å². The Hall–Kier alpha value is -1.59. The Labute approximate surface area is 81.8 Å². The summed E-state index contributed by atoms with van der Waals surface area (Å²) in [7, 11) is 0. The van der Waals surface area contributed by atoms with Crippen molar-refractivity contribution in [1.29, 1.82) is 0 Å². The van der Waals surface area contributed by atoms with Crippen LogP contribution in [-0.4, -0.2) is 22.3 Å². The number of hydrogen-bond acceptors (Lipinski definition) is 5. The summed E-state index contributed by atoms with van der Waals surface area (Å²) in [5.41, 5.74) is 5.42. The van der Waals surface area contributed by atoms with Crippen molar-refractivity contribution in [2.75, 3.05) is 5.73 Å². The molecule has 0 unspecified atom stereocenters. The third kappa shape index (κ3) is 2.21. The average Bonchev–Trinajstić information content (AvgIpc) is 2.60. The fourth-order valence-electron chi connectivity index (χ4n) is 1.10. The van der Waals surface area contributed by atoms with Crippen molar-refractivity contribution in [1.82, 2.24) is 15.6 Å². The number of rotatable bonds is 4. The van der Waals surface area contributed by atoms with Crippen LogP contribution in [0.4, 0.5) is 5.82 Å². The highest BCUT2D eigenvalue weighted by Gasteiger charge is 2.17. The monoisotopic (exact) mass is 198 g/mol. The van der Waals surface area contributed by atoms with E-state index < -0.39 is 0 Å². The van der Waals surface area contributed by atoms with E-state index in [-0.39, 0.29) is 23.5 Å². The summed E-state index contributed by atoms with van der Waals surface area (Å²) >= 11 is 0. The first-order valence-electron chi connectivity index (χ1n) is 4.57. The number of hydrogen-bond donors (Lipinski definition) is 2. The molecule has 1 heterocycles. The van der Waals surface area contributed by atoms with E-state index in [1.807, 2.05) is 13.8 Å². The van der Waals surface area contributed by atoms with Gasteiger partial charge in [-0.3, -0.25) is 4.79 Å². The smallest absolute Gasteiger partial charge is 0.277 e. The topological polar surface area (TPSA) is 94.0 Å². The van der Waals surface area contributed by atoms with Gasteiger partial charge < -0.3 is 11.1 Å². The normalized spacial score (nSPS) is 10.5. The summed E-state index contributed by atoms with van der Waals surface area (Å²) in [4.78, 5) is 11.5. The van der Waals surface area contributed by atoms with Gasteiger partial charge in [-0.1, -0.05) is 13.8 Å². The Morgan fingerprint density at radius 3 is 2.57 bits per heavy atom. The zero-order valence-corrected chi connectivity index (χ0v) is 8.28. The molecule has 1 aromatic heterocycles. The molecule has 0 aromatic carbocycles. The zero-order chi connectivity index (χ0) is 10.6. The van der Waals surface area contributed by atoms with Crippen molar-refractivity contribution in [2.24, 2.45) is 0 Å². The van der Waals surface area contributed by atoms with Gasteiger partial charge in [-0.25, -0.2) is 4.63 Å². The van der Waals surface area contributed by atoms with Crippen LogP contribution in [-0.2, 0) is 0 Å². The van der Waals surface area contributed by atoms with Gasteiger partial charge in [-0.15, -0.1) is 0 Å². The molecule has 0 saturated heterocycles. The van der Waals surface area contributed by atoms with E-state index in [0.717, 1.165) is 12.8 Å². The molecule has 0 saturated carbocycles. The van der Waals surface area contributed by atoms with E-state index in [2.05, 4.69) is 20.3 Å². The minimum Gasteiger partial charge on any atom is -0.379 e. The SMILES string of the molecule is CCC(CC)NC(=O)c1nonc1N. The number of anilines is 1. The fourth-order valence-corrected chi connectivity index (χ4v) is 1.10. The second-order valence-corrected chi connectivity index (χ2v) is 2.98. The minimum atomic E-state index is -0.336. The maximum atomic E-state index is 11.5. The summed E-state index contributed by atoms with van der Waals surface area (Å²) in [6.07, 6.45) is 1.74. The molecule has 0 bridgehead atoms. The molecule has 0 aliphatic rings. The highest BCUT2D eigenvalue weighted by atomic mass is 16.6. The van der Waals surface area contributed by atoms with Crippen molar-refractivity contribution < 1.29 is 9.42 Å². The first-order chi connectivity index (χ1) is 6.69. The second-order valence-electron chi connectivity index (χ2n) is 2.98. The zero-order valence-electron chi connectivity index (χ0n) is 8.28. The lowest BCUT2D eigenvalue weighted by Gasteiger charge is -2.12. The lowest BCUT2D eigenvalue weighted by atomic mass is 10.1. The van der Waals surface area contributed by atoms with Crippen molar-refractivity contribution >= 4 is 11.7 Å². The lowest BCUT2D eigenvalue weighted by molar-refractivity contribution is 0.0925. The number of aromatic nitrogens is 2. The highest BCUT2D eigenvalue weighted by molar-refractivity contribution is 5.96. The van der Waals surface area contributed by atoms with Crippen LogP contribution in [0.5, 0.6) is 0 Å². The van der Waals surface area contributed by atoms with Gasteiger partial charge in [0.15, 0.2) is 0 Å². The third-order valence-electron chi connectivity index (χ3n) is 2.05. The molecule has 0 aliphatic carbocycles. The van der Waals surface area contributed by atoms with Crippen molar-refractivity contribution in [3.8, 4) is 0 Å². The van der Waals surface area contributed by atoms with E-state index in [9.17, 15) is 4.79 Å². The molecule has 0 spiro atoms. The molecule has 78 valence electrons. The van der Waals surface area contributed by atoms with Crippen LogP contribution in [0.1, 0.15) is 37.2 Å². The van der Waals surface area contributed by atoms with E-state index in [0.29, 0.717) is 0 Å². The van der Waals surface area contributed by atoms with Gasteiger partial charge in [-0.2, -0.15) is 0 Å². The molecule has 0 atom stereocenters. The van der Waals surface area contributed by atoms with E-state index >= 15 is 0 Å². The molecule has 14 heavy (non-hydrogen) atoms. The summed E-state index contributed by atoms with van der Waals surface area (Å²) in [6, 6.07) is 0.138. The maximum absolute atomic E-state index is 11.5. The number of carbonyl (C=O) groups excluding carboxylic acids is 1.